The smallest absolute Gasteiger partial charge is 0.227 e. The molecule has 1 aliphatic heterocycles. The summed E-state index contributed by atoms with van der Waals surface area (Å²) in [6.07, 6.45) is 2.82. The van der Waals surface area contributed by atoms with Crippen LogP contribution in [0.3, 0.4) is 0 Å². The van der Waals surface area contributed by atoms with E-state index in [0.29, 0.717) is 35.2 Å². The van der Waals surface area contributed by atoms with Crippen LogP contribution in [-0.2, 0) is 16.0 Å². The largest absolute Gasteiger partial charge is 0.495 e. The number of ether oxygens (including phenoxy) is 2. The molecule has 0 aliphatic carbocycles. The zero-order chi connectivity index (χ0) is 22.0. The van der Waals surface area contributed by atoms with Crippen LogP contribution in [0, 0.1) is 5.92 Å². The van der Waals surface area contributed by atoms with Gasteiger partial charge in [-0.25, -0.2) is 0 Å². The number of H-pyrrole nitrogens is 1. The van der Waals surface area contributed by atoms with Crippen LogP contribution in [-0.4, -0.2) is 44.1 Å². The van der Waals surface area contributed by atoms with Gasteiger partial charge >= 0.3 is 0 Å². The number of benzene rings is 2. The second-order valence-electron chi connectivity index (χ2n) is 7.46. The van der Waals surface area contributed by atoms with Gasteiger partial charge in [0.2, 0.25) is 11.8 Å². The highest BCUT2D eigenvalue weighted by atomic mass is 35.5. The van der Waals surface area contributed by atoms with E-state index in [4.69, 9.17) is 21.1 Å². The van der Waals surface area contributed by atoms with Crippen molar-refractivity contribution in [2.45, 2.75) is 12.8 Å². The van der Waals surface area contributed by atoms with E-state index in [1.807, 2.05) is 24.4 Å². The number of aromatic amines is 1. The Morgan fingerprint density at radius 2 is 2.00 bits per heavy atom. The number of anilines is 1. The quantitative estimate of drug-likeness (QED) is 0.587. The van der Waals surface area contributed by atoms with Gasteiger partial charge in [0.1, 0.15) is 11.5 Å². The van der Waals surface area contributed by atoms with E-state index in [2.05, 4.69) is 16.4 Å². The van der Waals surface area contributed by atoms with E-state index in [-0.39, 0.29) is 24.8 Å². The van der Waals surface area contributed by atoms with Crippen molar-refractivity contribution in [2.75, 3.05) is 32.2 Å². The first-order valence-corrected chi connectivity index (χ1v) is 10.4. The van der Waals surface area contributed by atoms with Crippen LogP contribution in [0.5, 0.6) is 11.5 Å². The molecule has 1 aliphatic rings. The van der Waals surface area contributed by atoms with Crippen molar-refractivity contribution in [3.63, 3.8) is 0 Å². The minimum absolute atomic E-state index is 0.130. The molecule has 8 heteroatoms. The van der Waals surface area contributed by atoms with Gasteiger partial charge in [-0.1, -0.05) is 29.8 Å². The van der Waals surface area contributed by atoms with Crippen molar-refractivity contribution in [2.24, 2.45) is 5.92 Å². The van der Waals surface area contributed by atoms with Gasteiger partial charge in [-0.2, -0.15) is 0 Å². The molecule has 2 aromatic carbocycles. The average Bonchev–Trinajstić information content (AvgIpc) is 3.37. The third-order valence-corrected chi connectivity index (χ3v) is 5.90. The lowest BCUT2D eigenvalue weighted by Gasteiger charge is -2.21. The molecule has 1 aromatic heterocycles. The molecule has 1 saturated heterocycles. The summed E-state index contributed by atoms with van der Waals surface area (Å²) in [6.45, 7) is 0.778. The second-order valence-corrected chi connectivity index (χ2v) is 7.87. The van der Waals surface area contributed by atoms with E-state index >= 15 is 0 Å². The van der Waals surface area contributed by atoms with Crippen molar-refractivity contribution in [1.82, 2.24) is 10.3 Å². The van der Waals surface area contributed by atoms with Crippen molar-refractivity contribution in [1.29, 1.82) is 0 Å². The molecule has 0 bridgehead atoms. The van der Waals surface area contributed by atoms with Gasteiger partial charge in [0.05, 0.1) is 30.8 Å². The fraction of sp³-hybridized carbons (Fsp3) is 0.304. The lowest BCUT2D eigenvalue weighted by atomic mass is 10.1. The van der Waals surface area contributed by atoms with E-state index in [9.17, 15) is 9.59 Å². The Labute approximate surface area is 185 Å². The second kappa shape index (κ2) is 8.89. The third kappa shape index (κ3) is 4.18. The number of methoxy groups -OCH3 is 2. The van der Waals surface area contributed by atoms with Crippen LogP contribution in [0.4, 0.5) is 5.69 Å². The molecule has 1 atom stereocenters. The van der Waals surface area contributed by atoms with Crippen LogP contribution in [0.15, 0.2) is 42.6 Å². The first kappa shape index (κ1) is 21.1. The molecule has 2 amide bonds. The highest BCUT2D eigenvalue weighted by Gasteiger charge is 2.36. The topological polar surface area (TPSA) is 83.7 Å². The van der Waals surface area contributed by atoms with Crippen LogP contribution < -0.4 is 19.7 Å². The number of rotatable bonds is 7. The van der Waals surface area contributed by atoms with Gasteiger partial charge in [0.25, 0.3) is 0 Å². The summed E-state index contributed by atoms with van der Waals surface area (Å²) >= 11 is 6.24. The van der Waals surface area contributed by atoms with Gasteiger partial charge in [-0.15, -0.1) is 0 Å². The Kier molecular flexibility index (Phi) is 6.04. The molecular formula is C23H24ClN3O4. The maximum Gasteiger partial charge on any atom is 0.227 e. The number of para-hydroxylation sites is 1. The highest BCUT2D eigenvalue weighted by molar-refractivity contribution is 6.32. The van der Waals surface area contributed by atoms with Crippen LogP contribution in [0.1, 0.15) is 12.0 Å². The zero-order valence-electron chi connectivity index (χ0n) is 17.4. The van der Waals surface area contributed by atoms with E-state index in [0.717, 1.165) is 16.5 Å². The van der Waals surface area contributed by atoms with E-state index in [1.54, 1.807) is 17.0 Å². The number of carbonyl (C=O) groups is 2. The molecule has 0 unspecified atom stereocenters. The predicted octanol–water partition coefficient (Wildman–Crippen LogP) is 3.55. The third-order valence-electron chi connectivity index (χ3n) is 5.61. The standard InChI is InChI=1S/C23H24ClN3O4/c1-30-20-11-21(31-2)19(10-17(20)24)27-13-15(9-22(27)28)23(29)25-8-7-14-12-26-18-6-4-3-5-16(14)18/h3-6,10-12,15,26H,7-9,13H2,1-2H3,(H,25,29)/t15-/m0/s1. The molecule has 31 heavy (non-hydrogen) atoms. The minimum Gasteiger partial charge on any atom is -0.495 e. The van der Waals surface area contributed by atoms with Gasteiger partial charge in [0.15, 0.2) is 0 Å². The van der Waals surface area contributed by atoms with Crippen LogP contribution in [0.25, 0.3) is 10.9 Å². The number of amides is 2. The Morgan fingerprint density at radius 1 is 1.23 bits per heavy atom. The molecular weight excluding hydrogens is 418 g/mol. The molecule has 162 valence electrons. The Balaban J connectivity index is 1.40. The molecule has 4 rings (SSSR count). The van der Waals surface area contributed by atoms with Crippen LogP contribution >= 0.6 is 11.6 Å². The summed E-state index contributed by atoms with van der Waals surface area (Å²) in [5.74, 6) is 0.224. The fourth-order valence-corrected chi connectivity index (χ4v) is 4.21. The summed E-state index contributed by atoms with van der Waals surface area (Å²) in [7, 11) is 3.03. The summed E-state index contributed by atoms with van der Waals surface area (Å²) in [5, 5.41) is 4.50. The lowest BCUT2D eigenvalue weighted by molar-refractivity contribution is -0.126. The SMILES string of the molecule is COc1cc(OC)c(N2C[C@@H](C(=O)NCCc3c[nH]c4ccccc34)CC2=O)cc1Cl. The van der Waals surface area contributed by atoms with Crippen molar-refractivity contribution >= 4 is 40.0 Å². The summed E-state index contributed by atoms with van der Waals surface area (Å²) < 4.78 is 10.6. The van der Waals surface area contributed by atoms with E-state index in [1.165, 1.54) is 14.2 Å². The lowest BCUT2D eigenvalue weighted by Crippen LogP contribution is -2.34. The number of aromatic nitrogens is 1. The van der Waals surface area contributed by atoms with Gasteiger partial charge in [-0.05, 0) is 24.1 Å². The molecule has 1 fully saturated rings. The highest BCUT2D eigenvalue weighted by Crippen LogP contribution is 2.40. The number of carbonyl (C=O) groups excluding carboxylic acids is 2. The van der Waals surface area contributed by atoms with E-state index < -0.39 is 5.92 Å². The maximum atomic E-state index is 12.7. The first-order valence-electron chi connectivity index (χ1n) is 10.1. The summed E-state index contributed by atoms with van der Waals surface area (Å²) in [5.41, 5.74) is 2.76. The molecule has 2 heterocycles. The monoisotopic (exact) mass is 441 g/mol. The number of nitrogens with one attached hydrogen (secondary N) is 2. The Morgan fingerprint density at radius 3 is 2.77 bits per heavy atom. The molecule has 3 aromatic rings. The predicted molar refractivity (Wildman–Crippen MR) is 120 cm³/mol. The number of fused-ring (bicyclic) bond motifs is 1. The van der Waals surface area contributed by atoms with Crippen molar-refractivity contribution in [3.8, 4) is 11.5 Å². The Bertz CT molecular complexity index is 1130. The number of halogens is 1. The van der Waals surface area contributed by atoms with Gasteiger partial charge in [0, 0.05) is 42.7 Å². The molecule has 0 saturated carbocycles. The first-order chi connectivity index (χ1) is 15.0. The van der Waals surface area contributed by atoms with Gasteiger partial charge < -0.3 is 24.7 Å². The molecule has 0 radical (unpaired) electrons. The zero-order valence-corrected chi connectivity index (χ0v) is 18.2. The summed E-state index contributed by atoms with van der Waals surface area (Å²) in [6, 6.07) is 11.3. The van der Waals surface area contributed by atoms with Crippen molar-refractivity contribution < 1.29 is 19.1 Å². The molecule has 0 spiro atoms. The normalized spacial score (nSPS) is 16.0. The minimum atomic E-state index is -0.430. The summed E-state index contributed by atoms with van der Waals surface area (Å²) in [4.78, 5) is 30.1. The number of hydrogen-bond acceptors (Lipinski definition) is 4. The maximum absolute atomic E-state index is 12.7. The Hall–Kier alpha value is -3.19. The van der Waals surface area contributed by atoms with Crippen molar-refractivity contribution in [3.05, 3.63) is 53.2 Å². The van der Waals surface area contributed by atoms with Gasteiger partial charge in [-0.3, -0.25) is 9.59 Å². The number of hydrogen-bond donors (Lipinski definition) is 2. The number of nitrogens with zero attached hydrogens (tertiary/aromatic N) is 1. The molecule has 2 N–H and O–H groups in total. The van der Waals surface area contributed by atoms with Crippen LogP contribution in [0.2, 0.25) is 5.02 Å². The fourth-order valence-electron chi connectivity index (χ4n) is 3.97. The molecule has 7 nitrogen and oxygen atoms in total. The average molecular weight is 442 g/mol.